The number of aromatic nitrogens is 16. The Hall–Kier alpha value is -7.44. The second-order valence-corrected chi connectivity index (χ2v) is 43.8. The number of imidazole rings is 2. The van der Waals surface area contributed by atoms with Crippen LogP contribution in [0.1, 0.15) is 79.4 Å². The summed E-state index contributed by atoms with van der Waals surface area (Å²) >= 11 is 15.7. The molecule has 780 valence electrons. The van der Waals surface area contributed by atoms with Crippen molar-refractivity contribution in [2.24, 2.45) is 0 Å². The van der Waals surface area contributed by atoms with Crippen LogP contribution in [-0.2, 0) is 154 Å². The number of fused-ring (bicyclic) bond motifs is 2. The van der Waals surface area contributed by atoms with Gasteiger partial charge in [0.05, 0.1) is 111 Å². The molecule has 0 aromatic carbocycles. The van der Waals surface area contributed by atoms with Crippen LogP contribution in [0.2, 0.25) is 0 Å². The molecule has 59 nitrogen and oxygen atoms in total. The Morgan fingerprint density at radius 2 is 0.730 bits per heavy atom. The molecule has 6 aliphatic rings. The van der Waals surface area contributed by atoms with Crippen LogP contribution in [0.15, 0.2) is 69.3 Å². The number of rotatable bonds is 49. The minimum absolute atomic E-state index is 0.00289. The van der Waals surface area contributed by atoms with Gasteiger partial charge in [-0.25, -0.2) is 62.8 Å². The summed E-state index contributed by atoms with van der Waals surface area (Å²) in [5, 5.41) is 11.8. The Morgan fingerprint density at radius 3 is 1.14 bits per heavy atom. The van der Waals surface area contributed by atoms with Crippen LogP contribution in [0.25, 0.3) is 22.3 Å². The Morgan fingerprint density at radius 1 is 0.397 bits per heavy atom. The first-order valence-corrected chi connectivity index (χ1v) is 54.0. The number of phosphoric ester groups is 2. The molecular formula is C74H109N22O37P5S3. The molecule has 0 bridgehead atoms. The molecule has 6 fully saturated rings. The molecule has 0 amide bonds. The molecule has 6 saturated heterocycles. The van der Waals surface area contributed by atoms with E-state index >= 15 is 13.7 Å². The minimum atomic E-state index is -5.86. The highest BCUT2D eigenvalue weighted by Crippen LogP contribution is 2.60. The maximum Gasteiger partial charge on any atom is 0.472 e. The Labute approximate surface area is 815 Å². The third-order valence-electron chi connectivity index (χ3n) is 23.1. The van der Waals surface area contributed by atoms with E-state index in [0.29, 0.717) is 23.1 Å². The normalized spacial score (nSPS) is 29.7. The van der Waals surface area contributed by atoms with Crippen molar-refractivity contribution in [3.63, 3.8) is 0 Å². The van der Waals surface area contributed by atoms with Gasteiger partial charge in [0.1, 0.15) is 145 Å². The Balaban J connectivity index is 0.740. The van der Waals surface area contributed by atoms with E-state index in [-0.39, 0.29) is 122 Å². The van der Waals surface area contributed by atoms with E-state index in [0.717, 1.165) is 31.7 Å². The van der Waals surface area contributed by atoms with Gasteiger partial charge in [0.2, 0.25) is 0 Å². The van der Waals surface area contributed by atoms with E-state index in [1.165, 1.54) is 97.5 Å². The second-order valence-electron chi connectivity index (χ2n) is 32.5. The van der Waals surface area contributed by atoms with Gasteiger partial charge in [-0.15, -0.1) is 0 Å². The molecule has 14 rings (SSSR count). The summed E-state index contributed by atoms with van der Waals surface area (Å²) in [6, 6.07) is 0. The van der Waals surface area contributed by atoms with Crippen molar-refractivity contribution in [2.45, 2.75) is 189 Å². The predicted octanol–water partition coefficient (Wildman–Crippen LogP) is -0.211. The molecule has 0 aliphatic carbocycles. The van der Waals surface area contributed by atoms with E-state index in [9.17, 15) is 43.9 Å². The minimum Gasteiger partial charge on any atom is -0.387 e. The monoisotopic (exact) mass is 2150 g/mol. The van der Waals surface area contributed by atoms with Crippen LogP contribution in [0.4, 0.5) is 34.9 Å². The number of phosphoric acid groups is 2. The van der Waals surface area contributed by atoms with Crippen molar-refractivity contribution in [3.8, 4) is 0 Å². The zero-order valence-electron chi connectivity index (χ0n) is 76.9. The first-order valence-electron chi connectivity index (χ1n) is 43.1. The predicted molar refractivity (Wildman–Crippen MR) is 495 cm³/mol. The van der Waals surface area contributed by atoms with Crippen LogP contribution >= 0.6 is 48.1 Å². The van der Waals surface area contributed by atoms with Gasteiger partial charge in [-0.05, 0) is 57.7 Å². The molecule has 0 saturated carbocycles. The Kier molecular flexibility index (Phi) is 36.2. The third-order valence-corrected chi connectivity index (χ3v) is 29.9. The molecule has 6 aliphatic heterocycles. The molecule has 8 aromatic rings. The van der Waals surface area contributed by atoms with Crippen LogP contribution in [-0.4, -0.2) is 327 Å². The van der Waals surface area contributed by atoms with Crippen LogP contribution < -0.4 is 57.2 Å². The number of methoxy groups -OCH3 is 5. The highest BCUT2D eigenvalue weighted by atomic mass is 32.7. The van der Waals surface area contributed by atoms with Crippen molar-refractivity contribution in [1.82, 2.24) is 77.2 Å². The summed E-state index contributed by atoms with van der Waals surface area (Å²) < 4.78 is 204. The summed E-state index contributed by atoms with van der Waals surface area (Å²) in [6.45, 7) is -12.8. The van der Waals surface area contributed by atoms with E-state index in [4.69, 9.17) is 174 Å². The molecule has 67 heteroatoms. The van der Waals surface area contributed by atoms with Crippen molar-refractivity contribution < 1.29 is 155 Å². The number of nitrogen functional groups attached to an aromatic ring is 6. The summed E-state index contributed by atoms with van der Waals surface area (Å²) in [7, 11) is -5.10. The summed E-state index contributed by atoms with van der Waals surface area (Å²) in [5.74, 6) is -0.623. The largest absolute Gasteiger partial charge is 0.472 e. The SMILES string of the molecule is CC[C@H]1O[C@@H](n2cnc3c(N)ncnc32)CC1OP(O)(=S)OC[C@H]1O[C@@H](n2cc(C)c(N)nc2=O)[C@@H](OCCOC)C1OP(=O)(O)OC[C@H]1O[C@@H](n2cc(C)c(N)nc2=O)[C@@H](OC)C1OP(=O)(O)OC[C@H]1O[C@@H](n2cnc3c(N)ncnc32)[C@@H](OCCOC)C1OP(=O)(S)OC[C@H]1O[C@@H](n2cc(C)c(N)nc2=O)[C@@H](OCCOC)C1OP(O)(=S)OC[C@H]1O[C@@H](n2cc(C)c(N)nc2=O)[C@@H](OCCOC)C1O. The lowest BCUT2D eigenvalue weighted by Gasteiger charge is -2.30. The quantitative estimate of drug-likeness (QED) is 0.0133. The number of ether oxygens (including phenoxy) is 15. The van der Waals surface area contributed by atoms with E-state index in [1.807, 2.05) is 0 Å². The lowest BCUT2D eigenvalue weighted by Crippen LogP contribution is -2.41. The summed E-state index contributed by atoms with van der Waals surface area (Å²) in [5.41, 5.74) is 34.3. The molecule has 17 N–H and O–H groups in total. The Bertz CT molecular complexity index is 6230. The number of hydrogen-bond donors (Lipinski definition) is 12. The summed E-state index contributed by atoms with van der Waals surface area (Å²) in [4.78, 5) is 145. The van der Waals surface area contributed by atoms with Gasteiger partial charge < -0.3 is 144 Å². The standard InChI is InChI=1S/C74H109N22O37P5S3/c1-11-38-39(20-45(123-38)95-32-85-46-62(79)81-30-83-64(46)95)129-136(106,139)121-28-43-50(55(115-17-13-110-7)68(126-43)93-23-36(4)60(77)89-73(93)100)131-135(104,105)118-26-41-49(54(113-10)67(125-41)92-22-35(3)59(76)88-72(92)99)130-134(102,103)119-27-42-51(57(117-19-15-112-9)70(128-42)96-33-86-47-63(80)82-31-84-65(47)96)132-138(108,141)122-29-44-52(56(116-18-14-111-8)69(127-44)94-24-37(5)61(78)90-74(94)101)133-137(107,140)120-25-40-48(97)53(114-16-12-109-6)66(124-40)91-21-34(2)58(75)87-71(91)98/h21-24,30-33,38-45,48-57,66-70,97H,11-20,25-29H2,1-10H3,(H,102,103)(H,104,105)(H,106,139)(H,107,140)(H,108,141)(H2,75,87,98)(H2,76,88,99)(H2,77,89,100)(H2,78,90,101)(H2,79,81,83)(H2,80,82,84)/t38-,39?,40-,41-,42-,43-,44-,45-,48?,49?,50?,51?,52?,53+,54+,55+,56+,57+,66-,67-,68-,69-,70-,136?,137?,138?/m1/s1. The maximum absolute atomic E-state index is 15.6. The molecule has 28 atom stereocenters. The number of aliphatic hydroxyl groups is 1. The lowest BCUT2D eigenvalue weighted by atomic mass is 10.1. The maximum atomic E-state index is 15.6. The molecule has 14 heterocycles. The number of aryl methyl sites for hydroxylation is 4. The van der Waals surface area contributed by atoms with Gasteiger partial charge in [-0.1, -0.05) is 19.2 Å². The van der Waals surface area contributed by atoms with E-state index in [2.05, 4.69) is 62.1 Å². The van der Waals surface area contributed by atoms with Crippen LogP contribution in [0.3, 0.4) is 0 Å². The first kappa shape index (κ1) is 109. The van der Waals surface area contributed by atoms with Gasteiger partial charge >= 0.3 is 58.6 Å². The number of thiol groups is 1. The zero-order chi connectivity index (χ0) is 102. The van der Waals surface area contributed by atoms with E-state index in [1.54, 1.807) is 18.4 Å². The van der Waals surface area contributed by atoms with Crippen molar-refractivity contribution in [3.05, 3.63) is 114 Å². The number of aliphatic hydroxyl groups excluding tert-OH is 1. The topological polar surface area (TPSA) is 766 Å². The average molecular weight is 2150 g/mol. The van der Waals surface area contributed by atoms with Gasteiger partial charge in [0, 0.05) is 89.0 Å². The van der Waals surface area contributed by atoms with Gasteiger partial charge in [-0.3, -0.25) is 59.1 Å². The molecular weight excluding hydrogens is 2040 g/mol. The first-order chi connectivity index (χ1) is 67.0. The molecule has 8 aromatic heterocycles. The lowest BCUT2D eigenvalue weighted by molar-refractivity contribution is -0.0835. The number of anilines is 6. The van der Waals surface area contributed by atoms with Crippen molar-refractivity contribution in [1.29, 1.82) is 0 Å². The second kappa shape index (κ2) is 46.7. The van der Waals surface area contributed by atoms with Crippen molar-refractivity contribution >= 4 is 129 Å². The van der Waals surface area contributed by atoms with Crippen LogP contribution in [0.5, 0.6) is 0 Å². The fraction of sp³-hybridized carbons (Fsp3) is 0.649. The fourth-order valence-corrected chi connectivity index (χ4v) is 22.5. The number of nitrogens with zero attached hydrogens (tertiary/aromatic N) is 16. The molecule has 0 radical (unpaired) electrons. The molecule has 0 spiro atoms. The smallest absolute Gasteiger partial charge is 0.387 e. The summed E-state index contributed by atoms with van der Waals surface area (Å²) in [6.07, 6.45) is -25.5. The number of hydrogen-bond acceptors (Lipinski definition) is 51. The van der Waals surface area contributed by atoms with Crippen molar-refractivity contribution in [2.75, 3.05) is 156 Å². The molecule has 11 unspecified atom stereocenters. The highest BCUT2D eigenvalue weighted by molar-refractivity contribution is 8.44. The van der Waals surface area contributed by atoms with E-state index < -0.39 is 233 Å². The van der Waals surface area contributed by atoms with Gasteiger partial charge in [0.15, 0.2) is 54.1 Å². The fourth-order valence-electron chi connectivity index (χ4n) is 16.2. The number of nitrogens with two attached hydrogens (primary N) is 6. The van der Waals surface area contributed by atoms with Gasteiger partial charge in [-0.2, -0.15) is 19.9 Å². The average Bonchev–Trinajstić information content (AvgIpc) is 1.60. The zero-order valence-corrected chi connectivity index (χ0v) is 83.9. The van der Waals surface area contributed by atoms with Gasteiger partial charge in [0.25, 0.3) is 0 Å². The molecule has 141 heavy (non-hydrogen) atoms. The highest BCUT2D eigenvalue weighted by Gasteiger charge is 2.59. The van der Waals surface area contributed by atoms with Crippen LogP contribution in [0, 0.1) is 27.7 Å². The third kappa shape index (κ3) is 25.5.